The third-order valence-corrected chi connectivity index (χ3v) is 4.89. The zero-order chi connectivity index (χ0) is 11.5. The lowest BCUT2D eigenvalue weighted by atomic mass is 9.81. The highest BCUT2D eigenvalue weighted by Crippen LogP contribution is 2.33. The number of likely N-dealkylation sites (N-methyl/N-ethyl adjacent to an activating group) is 1. The van der Waals surface area contributed by atoms with E-state index in [0.717, 1.165) is 18.4 Å². The van der Waals surface area contributed by atoms with Crippen molar-refractivity contribution in [3.05, 3.63) is 0 Å². The summed E-state index contributed by atoms with van der Waals surface area (Å²) in [6.07, 6.45) is 10.1. The molecule has 16 heavy (non-hydrogen) atoms. The molecule has 0 aromatic carbocycles. The molecule has 0 aliphatic heterocycles. The monoisotopic (exact) mass is 225 g/mol. The fourth-order valence-electron chi connectivity index (χ4n) is 3.61. The highest BCUT2D eigenvalue weighted by atomic mass is 16.3. The van der Waals surface area contributed by atoms with Gasteiger partial charge in [-0.05, 0) is 45.1 Å². The first kappa shape index (κ1) is 12.4. The molecule has 0 heterocycles. The van der Waals surface area contributed by atoms with Gasteiger partial charge in [0.15, 0.2) is 0 Å². The van der Waals surface area contributed by atoms with Gasteiger partial charge in [-0.1, -0.05) is 26.2 Å². The average molecular weight is 225 g/mol. The molecule has 2 aliphatic rings. The minimum atomic E-state index is -0.0756. The van der Waals surface area contributed by atoms with Crippen molar-refractivity contribution >= 4 is 0 Å². The molecular formula is C14H27NO. The van der Waals surface area contributed by atoms with E-state index in [4.69, 9.17) is 0 Å². The maximum absolute atomic E-state index is 10.2. The number of aliphatic hydroxyl groups is 1. The van der Waals surface area contributed by atoms with Crippen molar-refractivity contribution in [2.45, 2.75) is 76.5 Å². The van der Waals surface area contributed by atoms with Crippen LogP contribution >= 0.6 is 0 Å². The van der Waals surface area contributed by atoms with E-state index in [0.29, 0.717) is 6.04 Å². The van der Waals surface area contributed by atoms with Crippen molar-refractivity contribution in [1.82, 2.24) is 4.90 Å². The van der Waals surface area contributed by atoms with E-state index in [1.807, 2.05) is 0 Å². The van der Waals surface area contributed by atoms with Gasteiger partial charge in [-0.2, -0.15) is 0 Å². The Kier molecular flexibility index (Phi) is 4.26. The molecule has 2 nitrogen and oxygen atoms in total. The lowest BCUT2D eigenvalue weighted by molar-refractivity contribution is -0.00290. The molecule has 0 aromatic rings. The molecule has 3 unspecified atom stereocenters. The van der Waals surface area contributed by atoms with E-state index < -0.39 is 0 Å². The zero-order valence-corrected chi connectivity index (χ0v) is 10.9. The molecule has 0 saturated heterocycles. The summed E-state index contributed by atoms with van der Waals surface area (Å²) in [7, 11) is 2.24. The number of rotatable bonds is 3. The number of hydrogen-bond donors (Lipinski definition) is 1. The van der Waals surface area contributed by atoms with Crippen LogP contribution in [0.4, 0.5) is 0 Å². The number of nitrogens with zero attached hydrogens (tertiary/aromatic N) is 1. The van der Waals surface area contributed by atoms with E-state index in [1.165, 1.54) is 44.9 Å². The number of hydrogen-bond acceptors (Lipinski definition) is 2. The van der Waals surface area contributed by atoms with Crippen molar-refractivity contribution in [2.24, 2.45) is 5.92 Å². The fourth-order valence-corrected chi connectivity index (χ4v) is 3.61. The summed E-state index contributed by atoms with van der Waals surface area (Å²) in [5.41, 5.74) is 0. The minimum Gasteiger partial charge on any atom is -0.391 e. The molecule has 0 amide bonds. The van der Waals surface area contributed by atoms with Crippen molar-refractivity contribution in [3.63, 3.8) is 0 Å². The third kappa shape index (κ3) is 2.60. The Bertz CT molecular complexity index is 213. The van der Waals surface area contributed by atoms with Gasteiger partial charge in [-0.15, -0.1) is 0 Å². The van der Waals surface area contributed by atoms with Crippen LogP contribution < -0.4 is 0 Å². The molecule has 2 fully saturated rings. The minimum absolute atomic E-state index is 0.0756. The fraction of sp³-hybridized carbons (Fsp3) is 1.00. The van der Waals surface area contributed by atoms with E-state index in [2.05, 4.69) is 18.9 Å². The molecule has 0 bridgehead atoms. The maximum atomic E-state index is 10.2. The van der Waals surface area contributed by atoms with Crippen LogP contribution in [0.25, 0.3) is 0 Å². The molecule has 3 atom stereocenters. The first-order chi connectivity index (χ1) is 7.72. The lowest BCUT2D eigenvalue weighted by Gasteiger charge is -2.41. The molecule has 94 valence electrons. The first-order valence-corrected chi connectivity index (χ1v) is 7.12. The van der Waals surface area contributed by atoms with Crippen LogP contribution in [0.5, 0.6) is 0 Å². The van der Waals surface area contributed by atoms with Crippen LogP contribution in [0.3, 0.4) is 0 Å². The van der Waals surface area contributed by atoms with Crippen LogP contribution in [0.2, 0.25) is 0 Å². The van der Waals surface area contributed by atoms with E-state index in [9.17, 15) is 5.11 Å². The highest BCUT2D eigenvalue weighted by molar-refractivity contribution is 4.89. The average Bonchev–Trinajstić information content (AvgIpc) is 2.82. The molecule has 2 saturated carbocycles. The van der Waals surface area contributed by atoms with Crippen molar-refractivity contribution < 1.29 is 5.11 Å². The molecule has 2 aliphatic carbocycles. The summed E-state index contributed by atoms with van der Waals surface area (Å²) in [5.74, 6) is 0.845. The van der Waals surface area contributed by atoms with Gasteiger partial charge in [0.05, 0.1) is 6.10 Å². The van der Waals surface area contributed by atoms with Gasteiger partial charge in [0.1, 0.15) is 0 Å². The zero-order valence-electron chi connectivity index (χ0n) is 10.9. The van der Waals surface area contributed by atoms with Gasteiger partial charge >= 0.3 is 0 Å². The van der Waals surface area contributed by atoms with Gasteiger partial charge in [0, 0.05) is 12.1 Å². The van der Waals surface area contributed by atoms with Crippen LogP contribution in [-0.4, -0.2) is 35.2 Å². The molecular weight excluding hydrogens is 198 g/mol. The summed E-state index contributed by atoms with van der Waals surface area (Å²) >= 11 is 0. The Morgan fingerprint density at radius 1 is 1.12 bits per heavy atom. The summed E-state index contributed by atoms with van der Waals surface area (Å²) in [5, 5.41) is 10.2. The molecule has 2 heteroatoms. The van der Waals surface area contributed by atoms with E-state index in [1.54, 1.807) is 0 Å². The Labute approximate surface area is 100 Å². The Hall–Kier alpha value is -0.0800. The summed E-state index contributed by atoms with van der Waals surface area (Å²) in [6.45, 7) is 2.29. The largest absolute Gasteiger partial charge is 0.391 e. The summed E-state index contributed by atoms with van der Waals surface area (Å²) in [4.78, 5) is 2.50. The molecule has 0 aromatic heterocycles. The van der Waals surface area contributed by atoms with E-state index >= 15 is 0 Å². The maximum Gasteiger partial charge on any atom is 0.0695 e. The van der Waals surface area contributed by atoms with Crippen molar-refractivity contribution in [3.8, 4) is 0 Å². The van der Waals surface area contributed by atoms with Gasteiger partial charge in [-0.3, -0.25) is 4.90 Å². The summed E-state index contributed by atoms with van der Waals surface area (Å²) < 4.78 is 0. The molecule has 2 rings (SSSR count). The van der Waals surface area contributed by atoms with Crippen molar-refractivity contribution in [1.29, 1.82) is 0 Å². The Morgan fingerprint density at radius 2 is 1.81 bits per heavy atom. The Morgan fingerprint density at radius 3 is 2.44 bits per heavy atom. The van der Waals surface area contributed by atoms with E-state index in [-0.39, 0.29) is 6.10 Å². The number of aliphatic hydroxyl groups excluding tert-OH is 1. The lowest BCUT2D eigenvalue weighted by Crippen LogP contribution is -2.49. The molecule has 0 spiro atoms. The Balaban J connectivity index is 1.94. The predicted octanol–water partition coefficient (Wildman–Crippen LogP) is 2.80. The quantitative estimate of drug-likeness (QED) is 0.798. The SMILES string of the molecule is CCC1CCC(O)C(N(C)C2CCCC2)C1. The molecule has 0 radical (unpaired) electrons. The van der Waals surface area contributed by atoms with Gasteiger partial charge in [-0.25, -0.2) is 0 Å². The second kappa shape index (κ2) is 5.50. The van der Waals surface area contributed by atoms with Crippen LogP contribution in [-0.2, 0) is 0 Å². The van der Waals surface area contributed by atoms with Gasteiger partial charge in [0.2, 0.25) is 0 Å². The van der Waals surface area contributed by atoms with Crippen molar-refractivity contribution in [2.75, 3.05) is 7.05 Å². The standard InChI is InChI=1S/C14H27NO/c1-3-11-8-9-14(16)13(10-11)15(2)12-6-4-5-7-12/h11-14,16H,3-10H2,1-2H3. The topological polar surface area (TPSA) is 23.5 Å². The van der Waals surface area contributed by atoms with Gasteiger partial charge < -0.3 is 5.11 Å². The first-order valence-electron chi connectivity index (χ1n) is 7.12. The smallest absolute Gasteiger partial charge is 0.0695 e. The van der Waals surface area contributed by atoms with Crippen LogP contribution in [0.1, 0.15) is 58.3 Å². The third-order valence-electron chi connectivity index (χ3n) is 4.89. The van der Waals surface area contributed by atoms with Crippen LogP contribution in [0.15, 0.2) is 0 Å². The highest BCUT2D eigenvalue weighted by Gasteiger charge is 2.34. The molecule has 1 N–H and O–H groups in total. The normalized spacial score (nSPS) is 37.1. The predicted molar refractivity (Wildman–Crippen MR) is 67.4 cm³/mol. The second-order valence-electron chi connectivity index (χ2n) is 5.83. The summed E-state index contributed by atoms with van der Waals surface area (Å²) in [6, 6.07) is 1.18. The second-order valence-corrected chi connectivity index (χ2v) is 5.83. The van der Waals surface area contributed by atoms with Gasteiger partial charge in [0.25, 0.3) is 0 Å². The van der Waals surface area contributed by atoms with Crippen LogP contribution in [0, 0.1) is 5.92 Å².